The average Bonchev–Trinajstić information content (AvgIpc) is 3.19. The number of halogens is 2. The number of carbonyl (C=O) groups excluding carboxylic acids is 1. The summed E-state index contributed by atoms with van der Waals surface area (Å²) in [4.78, 5) is 12.6. The zero-order valence-electron chi connectivity index (χ0n) is 11.5. The second kappa shape index (κ2) is 6.88. The molecule has 0 radical (unpaired) electrons. The molecule has 0 fully saturated rings. The van der Waals surface area contributed by atoms with Crippen LogP contribution in [0.15, 0.2) is 45.4 Å². The Hall–Kier alpha value is -2.26. The molecule has 3 aromatic rings. The molecule has 5 nitrogen and oxygen atoms in total. The maximum absolute atomic E-state index is 13.4. The number of thioether (sulfide) groups is 1. The quantitative estimate of drug-likeness (QED) is 0.707. The Kier molecular flexibility index (Phi) is 4.68. The Morgan fingerprint density at radius 3 is 2.70 bits per heavy atom. The van der Waals surface area contributed by atoms with Gasteiger partial charge in [-0.05, 0) is 23.6 Å². The second-order valence-corrected chi connectivity index (χ2v) is 6.16. The van der Waals surface area contributed by atoms with E-state index in [2.05, 4.69) is 15.5 Å². The highest BCUT2D eigenvalue weighted by molar-refractivity contribution is 7.99. The largest absolute Gasteiger partial charge is 0.410 e. The molecule has 1 aromatic carbocycles. The van der Waals surface area contributed by atoms with E-state index < -0.39 is 23.2 Å². The summed E-state index contributed by atoms with van der Waals surface area (Å²) in [6.45, 7) is 0. The fourth-order valence-electron chi connectivity index (χ4n) is 1.69. The minimum atomic E-state index is -0.832. The molecule has 23 heavy (non-hydrogen) atoms. The lowest BCUT2D eigenvalue weighted by Gasteiger charge is -2.06. The van der Waals surface area contributed by atoms with E-state index in [9.17, 15) is 13.6 Å². The van der Waals surface area contributed by atoms with Crippen LogP contribution in [0.2, 0.25) is 0 Å². The van der Waals surface area contributed by atoms with Gasteiger partial charge in [0.2, 0.25) is 5.91 Å². The van der Waals surface area contributed by atoms with Gasteiger partial charge in [-0.25, -0.2) is 8.78 Å². The molecule has 2 aromatic heterocycles. The summed E-state index contributed by atoms with van der Waals surface area (Å²) >= 11 is 2.44. The molecule has 1 N–H and O–H groups in total. The number of anilines is 1. The van der Waals surface area contributed by atoms with Gasteiger partial charge in [0.1, 0.15) is 17.3 Å². The lowest BCUT2D eigenvalue weighted by Crippen LogP contribution is -2.16. The summed E-state index contributed by atoms with van der Waals surface area (Å²) < 4.78 is 32.3. The van der Waals surface area contributed by atoms with Crippen LogP contribution in [0.25, 0.3) is 10.8 Å². The molecule has 0 saturated carbocycles. The molecule has 1 amide bonds. The second-order valence-electron chi connectivity index (χ2n) is 4.28. The molecule has 0 atom stereocenters. The van der Waals surface area contributed by atoms with Gasteiger partial charge in [-0.15, -0.1) is 21.5 Å². The van der Waals surface area contributed by atoms with Crippen LogP contribution in [0, 0.1) is 11.6 Å². The number of nitrogens with one attached hydrogen (secondary N) is 1. The minimum absolute atomic E-state index is 0.111. The first-order valence-electron chi connectivity index (χ1n) is 6.37. The highest BCUT2D eigenvalue weighted by Crippen LogP contribution is 2.26. The number of aromatic nitrogens is 2. The molecule has 118 valence electrons. The normalized spacial score (nSPS) is 10.7. The van der Waals surface area contributed by atoms with E-state index in [0.29, 0.717) is 5.89 Å². The van der Waals surface area contributed by atoms with E-state index in [4.69, 9.17) is 4.42 Å². The Morgan fingerprint density at radius 2 is 2.00 bits per heavy atom. The van der Waals surface area contributed by atoms with Crippen molar-refractivity contribution in [2.24, 2.45) is 0 Å². The molecule has 0 saturated heterocycles. The molecule has 0 bridgehead atoms. The summed E-state index contributed by atoms with van der Waals surface area (Å²) in [7, 11) is 0. The predicted molar refractivity (Wildman–Crippen MR) is 83.3 cm³/mol. The van der Waals surface area contributed by atoms with E-state index in [1.54, 1.807) is 0 Å². The number of nitrogens with zero attached hydrogens (tertiary/aromatic N) is 2. The topological polar surface area (TPSA) is 68.0 Å². The third-order valence-electron chi connectivity index (χ3n) is 2.69. The number of thiophene rings is 1. The third kappa shape index (κ3) is 3.74. The van der Waals surface area contributed by atoms with Crippen LogP contribution < -0.4 is 5.32 Å². The molecule has 0 aliphatic rings. The van der Waals surface area contributed by atoms with Crippen molar-refractivity contribution in [3.8, 4) is 10.8 Å². The zero-order chi connectivity index (χ0) is 16.2. The van der Waals surface area contributed by atoms with E-state index in [1.807, 2.05) is 17.5 Å². The SMILES string of the molecule is O=C(CSc1nnc(-c2cccs2)o1)Nc1c(F)cccc1F. The fraction of sp³-hybridized carbons (Fsp3) is 0.0714. The Balaban J connectivity index is 1.59. The van der Waals surface area contributed by atoms with Gasteiger partial charge in [0.15, 0.2) is 0 Å². The third-order valence-corrected chi connectivity index (χ3v) is 4.37. The van der Waals surface area contributed by atoms with Crippen LogP contribution in [-0.2, 0) is 4.79 Å². The van der Waals surface area contributed by atoms with Crippen molar-refractivity contribution in [1.82, 2.24) is 10.2 Å². The highest BCUT2D eigenvalue weighted by atomic mass is 32.2. The molecule has 0 unspecified atom stereocenters. The van der Waals surface area contributed by atoms with Crippen molar-refractivity contribution >= 4 is 34.7 Å². The zero-order valence-corrected chi connectivity index (χ0v) is 13.1. The monoisotopic (exact) mass is 353 g/mol. The van der Waals surface area contributed by atoms with E-state index in [0.717, 1.165) is 28.8 Å². The van der Waals surface area contributed by atoms with Gasteiger partial charge in [0.05, 0.1) is 10.6 Å². The predicted octanol–water partition coefficient (Wildman–Crippen LogP) is 3.81. The van der Waals surface area contributed by atoms with Crippen LogP contribution in [0.3, 0.4) is 0 Å². The number of benzene rings is 1. The van der Waals surface area contributed by atoms with Gasteiger partial charge < -0.3 is 9.73 Å². The number of amides is 1. The van der Waals surface area contributed by atoms with Crippen molar-refractivity contribution in [3.63, 3.8) is 0 Å². The lowest BCUT2D eigenvalue weighted by atomic mass is 10.3. The summed E-state index contributed by atoms with van der Waals surface area (Å²) in [5.74, 6) is -1.99. The maximum Gasteiger partial charge on any atom is 0.277 e. The number of rotatable bonds is 5. The lowest BCUT2D eigenvalue weighted by molar-refractivity contribution is -0.113. The van der Waals surface area contributed by atoms with Gasteiger partial charge in [-0.1, -0.05) is 23.9 Å². The number of para-hydroxylation sites is 1. The summed E-state index contributed by atoms with van der Waals surface area (Å²) in [5, 5.41) is 12.0. The number of hydrogen-bond donors (Lipinski definition) is 1. The molecule has 3 rings (SSSR count). The van der Waals surface area contributed by atoms with Crippen LogP contribution in [0.1, 0.15) is 0 Å². The highest BCUT2D eigenvalue weighted by Gasteiger charge is 2.14. The summed E-state index contributed by atoms with van der Waals surface area (Å²) in [5.41, 5.74) is -0.470. The number of carbonyl (C=O) groups is 1. The van der Waals surface area contributed by atoms with Gasteiger partial charge in [0, 0.05) is 0 Å². The van der Waals surface area contributed by atoms with E-state index in [1.165, 1.54) is 17.4 Å². The number of hydrogen-bond acceptors (Lipinski definition) is 6. The average molecular weight is 353 g/mol. The minimum Gasteiger partial charge on any atom is -0.410 e. The first-order chi connectivity index (χ1) is 11.1. The van der Waals surface area contributed by atoms with Crippen molar-refractivity contribution in [3.05, 3.63) is 47.3 Å². The first kappa shape index (κ1) is 15.6. The standard InChI is InChI=1S/C14H9F2N3O2S2/c15-8-3-1-4-9(16)12(8)17-11(20)7-23-14-19-18-13(21-14)10-5-2-6-22-10/h1-6H,7H2,(H,17,20). The van der Waals surface area contributed by atoms with Gasteiger partial charge in [0.25, 0.3) is 11.1 Å². The Bertz CT molecular complexity index is 801. The van der Waals surface area contributed by atoms with E-state index in [-0.39, 0.29) is 11.0 Å². The Labute approximate surface area is 137 Å². The van der Waals surface area contributed by atoms with Crippen LogP contribution >= 0.6 is 23.1 Å². The molecular weight excluding hydrogens is 344 g/mol. The summed E-state index contributed by atoms with van der Waals surface area (Å²) in [6, 6.07) is 7.04. The van der Waals surface area contributed by atoms with Gasteiger partial charge in [-0.3, -0.25) is 4.79 Å². The molecule has 0 spiro atoms. The molecule has 2 heterocycles. The van der Waals surface area contributed by atoms with Crippen LogP contribution in [0.5, 0.6) is 0 Å². The van der Waals surface area contributed by atoms with Crippen molar-refractivity contribution in [1.29, 1.82) is 0 Å². The van der Waals surface area contributed by atoms with Gasteiger partial charge in [-0.2, -0.15) is 0 Å². The molecule has 9 heteroatoms. The van der Waals surface area contributed by atoms with Crippen molar-refractivity contribution in [2.45, 2.75) is 5.22 Å². The van der Waals surface area contributed by atoms with Crippen molar-refractivity contribution in [2.75, 3.05) is 11.1 Å². The maximum atomic E-state index is 13.4. The van der Waals surface area contributed by atoms with E-state index >= 15 is 0 Å². The molecule has 0 aliphatic heterocycles. The van der Waals surface area contributed by atoms with Crippen LogP contribution in [0.4, 0.5) is 14.5 Å². The molecular formula is C14H9F2N3O2S2. The molecule has 0 aliphatic carbocycles. The fourth-order valence-corrected chi connectivity index (χ4v) is 2.90. The smallest absolute Gasteiger partial charge is 0.277 e. The van der Waals surface area contributed by atoms with Crippen molar-refractivity contribution < 1.29 is 18.0 Å². The van der Waals surface area contributed by atoms with Crippen LogP contribution in [-0.4, -0.2) is 21.9 Å². The van der Waals surface area contributed by atoms with Gasteiger partial charge >= 0.3 is 0 Å². The Morgan fingerprint density at radius 1 is 1.22 bits per heavy atom. The first-order valence-corrected chi connectivity index (χ1v) is 8.24. The summed E-state index contributed by atoms with van der Waals surface area (Å²) in [6.07, 6.45) is 0.